The number of hydrogen-bond acceptors (Lipinski definition) is 0. The van der Waals surface area contributed by atoms with Crippen molar-refractivity contribution in [2.24, 2.45) is 5.41 Å². The maximum absolute atomic E-state index is 3.95. The van der Waals surface area contributed by atoms with Gasteiger partial charge in [-0.3, -0.25) is 0 Å². The zero-order valence-corrected chi connectivity index (χ0v) is 6.28. The van der Waals surface area contributed by atoms with Crippen LogP contribution in [0.3, 0.4) is 0 Å². The highest BCUT2D eigenvalue weighted by molar-refractivity contribution is 5.19. The fourth-order valence-corrected chi connectivity index (χ4v) is 1.12. The largest absolute Gasteiger partial charge is 0.209 e. The summed E-state index contributed by atoms with van der Waals surface area (Å²) >= 11 is 0. The number of allylic oxidation sites excluding steroid dienone is 1. The summed E-state index contributed by atoms with van der Waals surface area (Å²) in [6.07, 6.45) is 1.19. The topological polar surface area (TPSA) is 3.01 Å². The van der Waals surface area contributed by atoms with Crippen LogP contribution < -0.4 is 0 Å². The first-order chi connectivity index (χ1) is 4.04. The van der Waals surface area contributed by atoms with E-state index in [0.29, 0.717) is 5.41 Å². The van der Waals surface area contributed by atoms with Crippen molar-refractivity contribution < 1.29 is 4.58 Å². The Labute approximate surface area is 56.7 Å². The summed E-state index contributed by atoms with van der Waals surface area (Å²) in [6, 6.07) is 0. The monoisotopic (exact) mass is 124 g/mol. The van der Waals surface area contributed by atoms with Crippen LogP contribution in [-0.4, -0.2) is 17.8 Å². The Hall–Kier alpha value is -0.590. The molecule has 1 saturated heterocycles. The van der Waals surface area contributed by atoms with E-state index in [1.54, 1.807) is 0 Å². The quantitative estimate of drug-likeness (QED) is 0.432. The molecule has 0 aromatic heterocycles. The zero-order valence-electron chi connectivity index (χ0n) is 6.28. The lowest BCUT2D eigenvalue weighted by Gasteiger charge is -2.09. The second-order valence-corrected chi connectivity index (χ2v) is 3.34. The van der Waals surface area contributed by atoms with Gasteiger partial charge < -0.3 is 0 Å². The Balaban J connectivity index is 2.86. The molecule has 0 atom stereocenters. The molecule has 50 valence electrons. The smallest absolute Gasteiger partial charge is 0.179 e. The molecule has 0 spiro atoms. The number of hydrogen-bond donors (Lipinski definition) is 0. The zero-order chi connectivity index (χ0) is 7.07. The van der Waals surface area contributed by atoms with Gasteiger partial charge in [0.05, 0.1) is 5.41 Å². The Bertz CT molecular complexity index is 165. The van der Waals surface area contributed by atoms with Crippen molar-refractivity contribution in [3.63, 3.8) is 0 Å². The summed E-state index contributed by atoms with van der Waals surface area (Å²) in [5.41, 5.74) is 1.46. The molecule has 0 unspecified atom stereocenters. The van der Waals surface area contributed by atoms with E-state index in [2.05, 4.69) is 27.1 Å². The fourth-order valence-electron chi connectivity index (χ4n) is 1.12. The van der Waals surface area contributed by atoms with Crippen LogP contribution in [0.25, 0.3) is 0 Å². The fraction of sp³-hybridized carbons (Fsp3) is 0.625. The van der Waals surface area contributed by atoms with Gasteiger partial charge in [-0.1, -0.05) is 0 Å². The molecule has 1 rings (SSSR count). The van der Waals surface area contributed by atoms with Crippen molar-refractivity contribution in [2.45, 2.75) is 20.3 Å². The van der Waals surface area contributed by atoms with E-state index in [9.17, 15) is 0 Å². The van der Waals surface area contributed by atoms with Gasteiger partial charge in [-0.2, -0.15) is 0 Å². The predicted octanol–water partition coefficient (Wildman–Crippen LogP) is 1.64. The van der Waals surface area contributed by atoms with E-state index in [-0.39, 0.29) is 0 Å². The van der Waals surface area contributed by atoms with Crippen LogP contribution in [0.1, 0.15) is 20.3 Å². The number of rotatable bonds is 0. The van der Waals surface area contributed by atoms with Crippen molar-refractivity contribution >= 4 is 6.72 Å². The molecule has 0 aromatic carbocycles. The Morgan fingerprint density at radius 3 is 2.22 bits per heavy atom. The SMILES string of the molecule is C=C1[N+](=C)CCC1(C)C. The molecule has 1 heterocycles. The van der Waals surface area contributed by atoms with Crippen molar-refractivity contribution in [3.8, 4) is 0 Å². The first-order valence-corrected chi connectivity index (χ1v) is 3.31. The summed E-state index contributed by atoms with van der Waals surface area (Å²) in [7, 11) is 0. The molecule has 1 aliphatic heterocycles. The van der Waals surface area contributed by atoms with Crippen LogP contribution in [0.2, 0.25) is 0 Å². The van der Waals surface area contributed by atoms with Crippen molar-refractivity contribution in [1.29, 1.82) is 0 Å². The molecule has 1 heteroatoms. The molecular weight excluding hydrogens is 110 g/mol. The van der Waals surface area contributed by atoms with Gasteiger partial charge in [0.1, 0.15) is 13.3 Å². The molecule has 0 aromatic rings. The molecule has 0 aliphatic carbocycles. The average Bonchev–Trinajstić information content (AvgIpc) is 1.97. The van der Waals surface area contributed by atoms with Crippen LogP contribution in [0.5, 0.6) is 0 Å². The minimum Gasteiger partial charge on any atom is -0.209 e. The van der Waals surface area contributed by atoms with Crippen molar-refractivity contribution in [1.82, 2.24) is 0 Å². The van der Waals surface area contributed by atoms with E-state index < -0.39 is 0 Å². The van der Waals surface area contributed by atoms with Gasteiger partial charge in [-0.05, 0) is 20.4 Å². The van der Waals surface area contributed by atoms with E-state index in [1.165, 1.54) is 12.1 Å². The summed E-state index contributed by atoms with van der Waals surface area (Å²) in [6.45, 7) is 13.3. The van der Waals surface area contributed by atoms with Gasteiger partial charge in [-0.25, -0.2) is 4.58 Å². The Morgan fingerprint density at radius 1 is 1.56 bits per heavy atom. The summed E-state index contributed by atoms with van der Waals surface area (Å²) in [5.74, 6) is 0. The molecule has 0 radical (unpaired) electrons. The van der Waals surface area contributed by atoms with E-state index in [4.69, 9.17) is 0 Å². The third kappa shape index (κ3) is 0.913. The lowest BCUT2D eigenvalue weighted by molar-refractivity contribution is -0.453. The van der Waals surface area contributed by atoms with Gasteiger partial charge in [0.15, 0.2) is 5.70 Å². The van der Waals surface area contributed by atoms with Crippen molar-refractivity contribution in [2.75, 3.05) is 6.54 Å². The molecule has 9 heavy (non-hydrogen) atoms. The molecule has 1 aliphatic rings. The normalized spacial score (nSPS) is 25.1. The lowest BCUT2D eigenvalue weighted by Crippen LogP contribution is -2.09. The first kappa shape index (κ1) is 6.53. The molecule has 0 amide bonds. The van der Waals surface area contributed by atoms with E-state index >= 15 is 0 Å². The standard InChI is InChI=1S/C8H14N/c1-7-8(2,3)5-6-9(7)4/h1,4-6H2,2-3H3/q+1. The van der Waals surface area contributed by atoms with Gasteiger partial charge in [-0.15, -0.1) is 0 Å². The van der Waals surface area contributed by atoms with E-state index in [1.807, 2.05) is 4.58 Å². The van der Waals surface area contributed by atoms with Crippen LogP contribution in [0, 0.1) is 5.41 Å². The lowest BCUT2D eigenvalue weighted by atomic mass is 9.90. The predicted molar refractivity (Wildman–Crippen MR) is 39.8 cm³/mol. The van der Waals surface area contributed by atoms with Crippen LogP contribution in [0.4, 0.5) is 0 Å². The minimum absolute atomic E-state index is 0.293. The van der Waals surface area contributed by atoms with Crippen LogP contribution >= 0.6 is 0 Å². The molecular formula is C8H14N+. The van der Waals surface area contributed by atoms with Crippen molar-refractivity contribution in [3.05, 3.63) is 12.3 Å². The second-order valence-electron chi connectivity index (χ2n) is 3.34. The maximum Gasteiger partial charge on any atom is 0.179 e. The molecule has 1 fully saturated rings. The summed E-state index contributed by atoms with van der Waals surface area (Å²) < 4.78 is 1.99. The van der Waals surface area contributed by atoms with Gasteiger partial charge in [0.2, 0.25) is 0 Å². The Kier molecular flexibility index (Phi) is 1.23. The Morgan fingerprint density at radius 2 is 2.11 bits per heavy atom. The first-order valence-electron chi connectivity index (χ1n) is 3.31. The highest BCUT2D eigenvalue weighted by atomic mass is 15.0. The van der Waals surface area contributed by atoms with E-state index in [0.717, 1.165) is 6.54 Å². The van der Waals surface area contributed by atoms with Crippen LogP contribution in [-0.2, 0) is 0 Å². The highest BCUT2D eigenvalue weighted by Crippen LogP contribution is 2.34. The number of nitrogens with zero attached hydrogens (tertiary/aromatic N) is 1. The third-order valence-corrected chi connectivity index (χ3v) is 2.17. The van der Waals surface area contributed by atoms with Gasteiger partial charge in [0.25, 0.3) is 0 Å². The average molecular weight is 124 g/mol. The second kappa shape index (κ2) is 1.69. The minimum atomic E-state index is 0.293. The molecule has 1 nitrogen and oxygen atoms in total. The molecule has 0 saturated carbocycles. The maximum atomic E-state index is 3.95. The molecule has 0 N–H and O–H groups in total. The van der Waals surface area contributed by atoms with Gasteiger partial charge in [0, 0.05) is 6.42 Å². The molecule has 0 bridgehead atoms. The summed E-state index contributed by atoms with van der Waals surface area (Å²) in [4.78, 5) is 0. The third-order valence-electron chi connectivity index (χ3n) is 2.17. The summed E-state index contributed by atoms with van der Waals surface area (Å²) in [5, 5.41) is 0. The van der Waals surface area contributed by atoms with Crippen LogP contribution in [0.15, 0.2) is 12.3 Å². The van der Waals surface area contributed by atoms with Gasteiger partial charge >= 0.3 is 0 Å². The highest BCUT2D eigenvalue weighted by Gasteiger charge is 2.36.